The maximum atomic E-state index is 14.6. The van der Waals surface area contributed by atoms with Gasteiger partial charge in [-0.25, -0.2) is 0 Å². The Morgan fingerprint density at radius 2 is 1.75 bits per heavy atom. The number of hydrogen-bond donors (Lipinski definition) is 0. The molecule has 1 fully saturated rings. The number of benzene rings is 4. The van der Waals surface area contributed by atoms with Crippen LogP contribution in [0.15, 0.2) is 71.6 Å². The van der Waals surface area contributed by atoms with Crippen LogP contribution in [0.2, 0.25) is 10.0 Å². The van der Waals surface area contributed by atoms with Crippen molar-refractivity contribution in [2.75, 3.05) is 60.3 Å². The molecule has 1 amide bonds. The minimum absolute atomic E-state index is 0.150. The first kappa shape index (κ1) is 38.1. The van der Waals surface area contributed by atoms with Crippen molar-refractivity contribution in [3.05, 3.63) is 99.0 Å². The molecule has 1 saturated heterocycles. The molecule has 4 aromatic carbocycles. The van der Waals surface area contributed by atoms with Gasteiger partial charge in [0.1, 0.15) is 24.1 Å². The molecule has 12 heteroatoms. The summed E-state index contributed by atoms with van der Waals surface area (Å²) in [6, 6.07) is 22.4. The van der Waals surface area contributed by atoms with Crippen molar-refractivity contribution >= 4 is 56.7 Å². The molecule has 9 nitrogen and oxygen atoms in total. The molecule has 1 heterocycles. The molecule has 0 spiro atoms. The SMILES string of the molecule is COC(=O)CN(C[C@@H](CCN1CCC(c2ccc(OC)cc2[S@@](C)=O)CC1)c1ccc(Cl)c(Cl)c1)C(=O)c1c(OC)c(C#N)cc2ccccc12. The summed E-state index contributed by atoms with van der Waals surface area (Å²) in [4.78, 5) is 32.1. The molecule has 0 N–H and O–H groups in total. The number of fused-ring (bicyclic) bond motifs is 1. The van der Waals surface area contributed by atoms with Crippen molar-refractivity contribution in [2.24, 2.45) is 0 Å². The van der Waals surface area contributed by atoms with Crippen LogP contribution in [0, 0.1) is 11.3 Å². The van der Waals surface area contributed by atoms with E-state index in [0.717, 1.165) is 48.5 Å². The molecule has 0 radical (unpaired) electrons. The highest BCUT2D eigenvalue weighted by atomic mass is 35.5. The Labute approximate surface area is 311 Å². The summed E-state index contributed by atoms with van der Waals surface area (Å²) in [5.74, 6) is -0.156. The highest BCUT2D eigenvalue weighted by Gasteiger charge is 2.30. The van der Waals surface area contributed by atoms with Gasteiger partial charge in [-0.2, -0.15) is 5.26 Å². The number of likely N-dealkylation sites (tertiary alicyclic amines) is 1. The largest absolute Gasteiger partial charge is 0.497 e. The third-order valence-electron chi connectivity index (χ3n) is 9.58. The van der Waals surface area contributed by atoms with Crippen molar-refractivity contribution in [3.8, 4) is 17.6 Å². The molecule has 0 unspecified atom stereocenters. The van der Waals surface area contributed by atoms with Gasteiger partial charge in [0.25, 0.3) is 5.91 Å². The van der Waals surface area contributed by atoms with Crippen LogP contribution in [0.5, 0.6) is 11.5 Å². The van der Waals surface area contributed by atoms with Gasteiger partial charge in [-0.05, 0) is 97.0 Å². The number of carbonyl (C=O) groups excluding carboxylic acids is 2. The summed E-state index contributed by atoms with van der Waals surface area (Å²) >= 11 is 12.8. The fourth-order valence-electron chi connectivity index (χ4n) is 6.86. The van der Waals surface area contributed by atoms with Crippen molar-refractivity contribution in [1.29, 1.82) is 5.26 Å². The van der Waals surface area contributed by atoms with E-state index < -0.39 is 22.7 Å². The number of methoxy groups -OCH3 is 3. The number of nitriles is 1. The van der Waals surface area contributed by atoms with E-state index in [1.165, 1.54) is 19.1 Å². The quantitative estimate of drug-likeness (QED) is 0.130. The molecule has 51 heavy (non-hydrogen) atoms. The van der Waals surface area contributed by atoms with Crippen LogP contribution < -0.4 is 9.47 Å². The lowest BCUT2D eigenvalue weighted by molar-refractivity contribution is -0.141. The van der Waals surface area contributed by atoms with Crippen LogP contribution in [0.25, 0.3) is 10.8 Å². The second-order valence-electron chi connectivity index (χ2n) is 12.6. The van der Waals surface area contributed by atoms with Gasteiger partial charge in [0.05, 0.1) is 53.3 Å². The van der Waals surface area contributed by atoms with Crippen molar-refractivity contribution in [1.82, 2.24) is 9.80 Å². The number of carbonyl (C=O) groups is 2. The van der Waals surface area contributed by atoms with Gasteiger partial charge in [-0.1, -0.05) is 59.6 Å². The minimum atomic E-state index is -1.14. The van der Waals surface area contributed by atoms with E-state index >= 15 is 0 Å². The number of rotatable bonds is 13. The Bertz CT molecular complexity index is 1970. The predicted octanol–water partition coefficient (Wildman–Crippen LogP) is 7.44. The summed E-state index contributed by atoms with van der Waals surface area (Å²) in [6.45, 7) is 2.26. The van der Waals surface area contributed by atoms with Crippen molar-refractivity contribution in [3.63, 3.8) is 0 Å². The summed E-state index contributed by atoms with van der Waals surface area (Å²) < 4.78 is 28.6. The number of hydrogen-bond acceptors (Lipinski definition) is 8. The van der Waals surface area contributed by atoms with Crippen molar-refractivity contribution < 1.29 is 28.0 Å². The number of esters is 1. The predicted molar refractivity (Wildman–Crippen MR) is 201 cm³/mol. The van der Waals surface area contributed by atoms with Crippen LogP contribution >= 0.6 is 23.2 Å². The highest BCUT2D eigenvalue weighted by Crippen LogP contribution is 2.37. The highest BCUT2D eigenvalue weighted by molar-refractivity contribution is 7.84. The Morgan fingerprint density at radius 3 is 2.39 bits per heavy atom. The van der Waals surface area contributed by atoms with Crippen molar-refractivity contribution in [2.45, 2.75) is 36.0 Å². The van der Waals surface area contributed by atoms with Crippen LogP contribution in [0.1, 0.15) is 58.1 Å². The number of amides is 1. The smallest absolute Gasteiger partial charge is 0.325 e. The number of nitrogens with zero attached hydrogens (tertiary/aromatic N) is 3. The fraction of sp³-hybridized carbons (Fsp3) is 0.359. The average molecular weight is 751 g/mol. The monoisotopic (exact) mass is 749 g/mol. The molecule has 0 bridgehead atoms. The van der Waals surface area contributed by atoms with Crippen LogP contribution in [-0.2, 0) is 20.3 Å². The molecule has 1 aliphatic heterocycles. The number of halogens is 2. The first-order valence-electron chi connectivity index (χ1n) is 16.6. The minimum Gasteiger partial charge on any atom is -0.497 e. The Morgan fingerprint density at radius 1 is 1.00 bits per heavy atom. The summed E-state index contributed by atoms with van der Waals surface area (Å²) in [5, 5.41) is 12.1. The van der Waals surface area contributed by atoms with Crippen LogP contribution in [-0.4, -0.2) is 86.2 Å². The Kier molecular flexibility index (Phi) is 13.0. The van der Waals surface area contributed by atoms with E-state index in [2.05, 4.69) is 11.0 Å². The Hall–Kier alpha value is -4.14. The maximum Gasteiger partial charge on any atom is 0.325 e. The van der Waals surface area contributed by atoms with Gasteiger partial charge >= 0.3 is 5.97 Å². The van der Waals surface area contributed by atoms with Gasteiger partial charge < -0.3 is 24.0 Å². The molecule has 0 saturated carbocycles. The van der Waals surface area contributed by atoms with Gasteiger partial charge in [0.2, 0.25) is 0 Å². The van der Waals surface area contributed by atoms with E-state index in [1.54, 1.807) is 31.6 Å². The topological polar surface area (TPSA) is 109 Å². The third-order valence-corrected chi connectivity index (χ3v) is 11.3. The van der Waals surface area contributed by atoms with E-state index in [-0.39, 0.29) is 41.8 Å². The van der Waals surface area contributed by atoms with Gasteiger partial charge in [0, 0.05) is 23.6 Å². The zero-order valence-electron chi connectivity index (χ0n) is 29.1. The third kappa shape index (κ3) is 8.85. The lowest BCUT2D eigenvalue weighted by Crippen LogP contribution is -2.40. The molecule has 0 aliphatic carbocycles. The van der Waals surface area contributed by atoms with E-state index in [1.807, 2.05) is 48.5 Å². The molecule has 268 valence electrons. The number of piperidine rings is 1. The normalized spacial score (nSPS) is 14.8. The standard InChI is InChI=1S/C39H41Cl2N3O6S/c1-48-30-10-11-31(35(21-30)51(4)47)25-13-16-43(17-14-25)18-15-28(26-9-12-33(40)34(41)20-26)23-44(24-36(45)49-2)39(46)37-32-8-6-5-7-27(32)19-29(22-42)38(37)50-3/h5-12,19-21,25,28H,13-18,23-24H2,1-4H3/t28-,51-/m1/s1. The van der Waals surface area contributed by atoms with Crippen LogP contribution in [0.4, 0.5) is 0 Å². The zero-order chi connectivity index (χ0) is 36.7. The molecular weight excluding hydrogens is 709 g/mol. The lowest BCUT2D eigenvalue weighted by Gasteiger charge is -2.34. The van der Waals surface area contributed by atoms with Gasteiger partial charge in [-0.15, -0.1) is 0 Å². The molecule has 2 atom stereocenters. The summed E-state index contributed by atoms with van der Waals surface area (Å²) in [5.41, 5.74) is 2.40. The molecule has 4 aromatic rings. The second kappa shape index (κ2) is 17.4. The van der Waals surface area contributed by atoms with Gasteiger partial charge in [-0.3, -0.25) is 13.8 Å². The summed E-state index contributed by atoms with van der Waals surface area (Å²) in [7, 11) is 3.17. The lowest BCUT2D eigenvalue weighted by atomic mass is 9.88. The fourth-order valence-corrected chi connectivity index (χ4v) is 8.02. The molecule has 5 rings (SSSR count). The second-order valence-corrected chi connectivity index (χ2v) is 14.7. The first-order valence-corrected chi connectivity index (χ1v) is 18.9. The van der Waals surface area contributed by atoms with Gasteiger partial charge in [0.15, 0.2) is 0 Å². The first-order chi connectivity index (χ1) is 24.6. The van der Waals surface area contributed by atoms with E-state index in [0.29, 0.717) is 33.0 Å². The van der Waals surface area contributed by atoms with Crippen LogP contribution in [0.3, 0.4) is 0 Å². The molecular formula is C39H41Cl2N3O6S. The average Bonchev–Trinajstić information content (AvgIpc) is 3.15. The zero-order valence-corrected chi connectivity index (χ0v) is 31.4. The van der Waals surface area contributed by atoms with E-state index in [9.17, 15) is 19.1 Å². The summed E-state index contributed by atoms with van der Waals surface area (Å²) in [6.07, 6.45) is 4.16. The molecule has 0 aromatic heterocycles. The maximum absolute atomic E-state index is 14.6. The molecule has 1 aliphatic rings. The van der Waals surface area contributed by atoms with E-state index in [4.69, 9.17) is 37.4 Å². The Balaban J connectivity index is 1.42. The number of ether oxygens (including phenoxy) is 3.